The van der Waals surface area contributed by atoms with Crippen LogP contribution in [0.3, 0.4) is 0 Å². The molecule has 1 atom stereocenters. The van der Waals surface area contributed by atoms with Gasteiger partial charge in [-0.3, -0.25) is 4.79 Å². The Morgan fingerprint density at radius 3 is 2.67 bits per heavy atom. The van der Waals surface area contributed by atoms with Crippen molar-refractivity contribution >= 4 is 27.5 Å². The summed E-state index contributed by atoms with van der Waals surface area (Å²) in [5, 5.41) is 15.1. The number of nitrogens with one attached hydrogen (secondary N) is 2. The minimum Gasteiger partial charge on any atom is -0.393 e. The predicted molar refractivity (Wildman–Crippen MR) is 76.6 cm³/mol. The first-order valence-corrected chi connectivity index (χ1v) is 6.85. The van der Waals surface area contributed by atoms with E-state index in [0.717, 1.165) is 16.6 Å². The third kappa shape index (κ3) is 6.14. The van der Waals surface area contributed by atoms with Crippen LogP contribution >= 0.6 is 15.9 Å². The van der Waals surface area contributed by atoms with Crippen LogP contribution in [0.25, 0.3) is 0 Å². The van der Waals surface area contributed by atoms with E-state index in [1.165, 1.54) is 0 Å². The van der Waals surface area contributed by atoms with Crippen molar-refractivity contribution in [3.8, 4) is 0 Å². The average Bonchev–Trinajstić information content (AvgIpc) is 2.37. The number of amides is 1. The molecule has 0 saturated heterocycles. The van der Waals surface area contributed by atoms with Crippen molar-refractivity contribution in [3.63, 3.8) is 0 Å². The molecule has 0 heterocycles. The summed E-state index contributed by atoms with van der Waals surface area (Å²) in [6, 6.07) is 7.42. The van der Waals surface area contributed by atoms with E-state index in [1.54, 1.807) is 0 Å². The molecule has 0 aliphatic carbocycles. The largest absolute Gasteiger partial charge is 0.393 e. The molecule has 0 saturated carbocycles. The molecule has 0 aliphatic heterocycles. The molecule has 1 aromatic carbocycles. The molecule has 0 aromatic heterocycles. The Bertz CT molecular complexity index is 368. The molecule has 5 heteroatoms. The second-order valence-electron chi connectivity index (χ2n) is 4.08. The molecular formula is C13H19BrN2O2. The number of carbonyl (C=O) groups excluding carboxylic acids is 1. The van der Waals surface area contributed by atoms with Gasteiger partial charge in [-0.25, -0.2) is 0 Å². The first-order valence-electron chi connectivity index (χ1n) is 6.06. The fraction of sp³-hybridized carbons (Fsp3) is 0.462. The van der Waals surface area contributed by atoms with Crippen LogP contribution in [0.4, 0.5) is 5.69 Å². The first kappa shape index (κ1) is 15.1. The Kier molecular flexibility index (Phi) is 6.93. The third-order valence-electron chi connectivity index (χ3n) is 2.54. The molecule has 1 unspecified atom stereocenters. The normalized spacial score (nSPS) is 12.2. The van der Waals surface area contributed by atoms with Crippen molar-refractivity contribution < 1.29 is 9.90 Å². The smallest absolute Gasteiger partial charge is 0.238 e. The van der Waals surface area contributed by atoms with Gasteiger partial charge in [-0.1, -0.05) is 22.9 Å². The Labute approximate surface area is 116 Å². The van der Waals surface area contributed by atoms with Gasteiger partial charge in [0.25, 0.3) is 0 Å². The number of hydrogen-bond acceptors (Lipinski definition) is 3. The summed E-state index contributed by atoms with van der Waals surface area (Å²) in [5.74, 6) is -0.0803. The van der Waals surface area contributed by atoms with Gasteiger partial charge in [-0.2, -0.15) is 0 Å². The van der Waals surface area contributed by atoms with E-state index >= 15 is 0 Å². The van der Waals surface area contributed by atoms with Gasteiger partial charge in [-0.15, -0.1) is 0 Å². The highest BCUT2D eigenvalue weighted by molar-refractivity contribution is 9.10. The number of anilines is 1. The fourth-order valence-electron chi connectivity index (χ4n) is 1.41. The highest BCUT2D eigenvalue weighted by Gasteiger charge is 2.03. The lowest BCUT2D eigenvalue weighted by Gasteiger charge is -2.09. The lowest BCUT2D eigenvalue weighted by molar-refractivity contribution is -0.115. The van der Waals surface area contributed by atoms with Crippen molar-refractivity contribution in [2.24, 2.45) is 0 Å². The molecule has 18 heavy (non-hydrogen) atoms. The van der Waals surface area contributed by atoms with Crippen molar-refractivity contribution in [2.45, 2.75) is 25.9 Å². The molecular weight excluding hydrogens is 296 g/mol. The van der Waals surface area contributed by atoms with Crippen molar-refractivity contribution in [3.05, 3.63) is 28.7 Å². The molecule has 0 aliphatic rings. The fourth-order valence-corrected chi connectivity index (χ4v) is 1.68. The Morgan fingerprint density at radius 1 is 1.39 bits per heavy atom. The SMILES string of the molecule is CCC(O)CCNCC(=O)Nc1ccc(Br)cc1. The van der Waals surface area contributed by atoms with Crippen LogP contribution in [-0.2, 0) is 4.79 Å². The number of aliphatic hydroxyl groups is 1. The summed E-state index contributed by atoms with van der Waals surface area (Å²) in [6.45, 7) is 2.83. The maximum Gasteiger partial charge on any atom is 0.238 e. The maximum absolute atomic E-state index is 11.6. The summed E-state index contributed by atoms with van der Waals surface area (Å²) in [4.78, 5) is 11.6. The molecule has 1 rings (SSSR count). The number of aliphatic hydroxyl groups excluding tert-OH is 1. The second kappa shape index (κ2) is 8.24. The third-order valence-corrected chi connectivity index (χ3v) is 3.07. The van der Waals surface area contributed by atoms with Crippen LogP contribution < -0.4 is 10.6 Å². The highest BCUT2D eigenvalue weighted by Crippen LogP contribution is 2.13. The molecule has 0 bridgehead atoms. The Morgan fingerprint density at radius 2 is 2.06 bits per heavy atom. The highest BCUT2D eigenvalue weighted by atomic mass is 79.9. The Hall–Kier alpha value is -0.910. The zero-order chi connectivity index (χ0) is 13.4. The van der Waals surface area contributed by atoms with Crippen LogP contribution in [0.5, 0.6) is 0 Å². The van der Waals surface area contributed by atoms with E-state index in [9.17, 15) is 9.90 Å². The number of carbonyl (C=O) groups is 1. The van der Waals surface area contributed by atoms with Crippen LogP contribution in [0.2, 0.25) is 0 Å². The zero-order valence-electron chi connectivity index (χ0n) is 10.4. The van der Waals surface area contributed by atoms with E-state index in [0.29, 0.717) is 13.0 Å². The maximum atomic E-state index is 11.6. The lowest BCUT2D eigenvalue weighted by atomic mass is 10.2. The number of halogens is 1. The summed E-state index contributed by atoms with van der Waals surface area (Å²) in [6.07, 6.45) is 1.13. The molecule has 3 N–H and O–H groups in total. The first-order chi connectivity index (χ1) is 8.61. The van der Waals surface area contributed by atoms with Crippen LogP contribution in [0, 0.1) is 0 Å². The number of rotatable bonds is 7. The van der Waals surface area contributed by atoms with Gasteiger partial charge >= 0.3 is 0 Å². The molecule has 0 radical (unpaired) electrons. The van der Waals surface area contributed by atoms with Crippen molar-refractivity contribution in [1.82, 2.24) is 5.32 Å². The molecule has 1 amide bonds. The summed E-state index contributed by atoms with van der Waals surface area (Å²) >= 11 is 3.33. The Balaban J connectivity index is 2.19. The zero-order valence-corrected chi connectivity index (χ0v) is 12.0. The summed E-state index contributed by atoms with van der Waals surface area (Å²) in [7, 11) is 0. The molecule has 1 aromatic rings. The van der Waals surface area contributed by atoms with E-state index in [1.807, 2.05) is 31.2 Å². The van der Waals surface area contributed by atoms with E-state index in [-0.39, 0.29) is 18.6 Å². The quantitative estimate of drug-likeness (QED) is 0.676. The summed E-state index contributed by atoms with van der Waals surface area (Å²) in [5.41, 5.74) is 0.776. The van der Waals surface area contributed by atoms with Gasteiger partial charge in [0, 0.05) is 10.2 Å². The number of benzene rings is 1. The summed E-state index contributed by atoms with van der Waals surface area (Å²) < 4.78 is 0.979. The van der Waals surface area contributed by atoms with Crippen LogP contribution in [0.1, 0.15) is 19.8 Å². The lowest BCUT2D eigenvalue weighted by Crippen LogP contribution is -2.30. The van der Waals surface area contributed by atoms with Gasteiger partial charge in [0.1, 0.15) is 0 Å². The standard InChI is InChI=1S/C13H19BrN2O2/c1-2-12(17)7-8-15-9-13(18)16-11-5-3-10(14)4-6-11/h3-6,12,15,17H,2,7-9H2,1H3,(H,16,18). The van der Waals surface area contributed by atoms with E-state index in [4.69, 9.17) is 0 Å². The van der Waals surface area contributed by atoms with E-state index < -0.39 is 0 Å². The molecule has 4 nitrogen and oxygen atoms in total. The van der Waals surface area contributed by atoms with Gasteiger partial charge in [0.15, 0.2) is 0 Å². The topological polar surface area (TPSA) is 61.4 Å². The van der Waals surface area contributed by atoms with Crippen molar-refractivity contribution in [1.29, 1.82) is 0 Å². The van der Waals surface area contributed by atoms with Crippen LogP contribution in [0.15, 0.2) is 28.7 Å². The molecule has 0 fully saturated rings. The van der Waals surface area contributed by atoms with Gasteiger partial charge in [-0.05, 0) is 43.7 Å². The van der Waals surface area contributed by atoms with Gasteiger partial charge < -0.3 is 15.7 Å². The average molecular weight is 315 g/mol. The van der Waals surface area contributed by atoms with Gasteiger partial charge in [0.05, 0.1) is 12.6 Å². The van der Waals surface area contributed by atoms with Crippen LogP contribution in [-0.4, -0.2) is 30.2 Å². The van der Waals surface area contributed by atoms with Gasteiger partial charge in [0.2, 0.25) is 5.91 Å². The van der Waals surface area contributed by atoms with E-state index in [2.05, 4.69) is 26.6 Å². The van der Waals surface area contributed by atoms with Crippen molar-refractivity contribution in [2.75, 3.05) is 18.4 Å². The molecule has 100 valence electrons. The monoisotopic (exact) mass is 314 g/mol. The second-order valence-corrected chi connectivity index (χ2v) is 5.00. The minimum atomic E-state index is -0.285. The predicted octanol–water partition coefficient (Wildman–Crippen LogP) is 2.14. The number of hydrogen-bond donors (Lipinski definition) is 3. The minimum absolute atomic E-state index is 0.0803. The molecule has 0 spiro atoms.